The zero-order valence-electron chi connectivity index (χ0n) is 14.2. The summed E-state index contributed by atoms with van der Waals surface area (Å²) in [4.78, 5) is 10.8. The molecule has 3 atom stereocenters. The number of nitrogens with zero attached hydrogens (tertiary/aromatic N) is 4. The fourth-order valence-corrected chi connectivity index (χ4v) is 5.46. The van der Waals surface area contributed by atoms with Gasteiger partial charge in [0.05, 0.1) is 4.90 Å². The molecule has 0 saturated carbocycles. The molecule has 2 aliphatic rings. The number of aromatic nitrogens is 2. The Hall–Kier alpha value is -1.74. The van der Waals surface area contributed by atoms with Gasteiger partial charge in [0.1, 0.15) is 11.9 Å². The molecular formula is C17H19ClN4O3S. The molecule has 2 aliphatic heterocycles. The Morgan fingerprint density at radius 3 is 2.54 bits per heavy atom. The number of hydrogen-bond acceptors (Lipinski definition) is 6. The second kappa shape index (κ2) is 6.45. The van der Waals surface area contributed by atoms with Crippen molar-refractivity contribution in [3.05, 3.63) is 47.4 Å². The monoisotopic (exact) mass is 394 g/mol. The third-order valence-corrected chi connectivity index (χ3v) is 7.12. The summed E-state index contributed by atoms with van der Waals surface area (Å²) >= 11 is 5.86. The van der Waals surface area contributed by atoms with Gasteiger partial charge in [-0.1, -0.05) is 11.6 Å². The molecule has 0 unspecified atom stereocenters. The zero-order chi connectivity index (χ0) is 18.5. The summed E-state index contributed by atoms with van der Waals surface area (Å²) in [5, 5.41) is 10.2. The first-order valence-corrected chi connectivity index (χ1v) is 10.2. The molecule has 1 aromatic heterocycles. The Morgan fingerprint density at radius 1 is 1.19 bits per heavy atom. The topological polar surface area (TPSA) is 86.6 Å². The summed E-state index contributed by atoms with van der Waals surface area (Å²) in [6.07, 6.45) is 1.65. The third kappa shape index (κ3) is 2.96. The zero-order valence-corrected chi connectivity index (χ0v) is 15.7. The molecule has 1 aromatic carbocycles. The highest BCUT2D eigenvalue weighted by Crippen LogP contribution is 2.37. The SMILES string of the molecule is C[C@@H](O)c1nccc(N2C[C@H]3C[C@@H]2CN3S(=O)(=O)c2ccc(Cl)cc2)n1. The van der Waals surface area contributed by atoms with Gasteiger partial charge in [0.2, 0.25) is 10.0 Å². The van der Waals surface area contributed by atoms with E-state index in [1.165, 1.54) is 0 Å². The van der Waals surface area contributed by atoms with Crippen LogP contribution in [-0.2, 0) is 10.0 Å². The molecule has 26 heavy (non-hydrogen) atoms. The molecule has 0 aliphatic carbocycles. The van der Waals surface area contributed by atoms with E-state index in [9.17, 15) is 13.5 Å². The molecule has 2 fully saturated rings. The van der Waals surface area contributed by atoms with Gasteiger partial charge >= 0.3 is 0 Å². The number of anilines is 1. The van der Waals surface area contributed by atoms with Crippen LogP contribution >= 0.6 is 11.6 Å². The molecule has 2 saturated heterocycles. The highest BCUT2D eigenvalue weighted by molar-refractivity contribution is 7.89. The number of hydrogen-bond donors (Lipinski definition) is 1. The van der Waals surface area contributed by atoms with Crippen molar-refractivity contribution in [2.24, 2.45) is 0 Å². The van der Waals surface area contributed by atoms with Gasteiger partial charge in [0.25, 0.3) is 0 Å². The fraction of sp³-hybridized carbons (Fsp3) is 0.412. The van der Waals surface area contributed by atoms with E-state index >= 15 is 0 Å². The minimum absolute atomic E-state index is 0.0684. The van der Waals surface area contributed by atoms with Crippen LogP contribution in [0.1, 0.15) is 25.3 Å². The van der Waals surface area contributed by atoms with Crippen LogP contribution in [0.15, 0.2) is 41.4 Å². The summed E-state index contributed by atoms with van der Waals surface area (Å²) in [6, 6.07) is 8.04. The Kier molecular flexibility index (Phi) is 4.38. The Morgan fingerprint density at radius 2 is 1.92 bits per heavy atom. The molecule has 0 radical (unpaired) electrons. The molecule has 0 spiro atoms. The fourth-order valence-electron chi connectivity index (χ4n) is 3.67. The Labute approximate surface area is 157 Å². The summed E-state index contributed by atoms with van der Waals surface area (Å²) in [5.74, 6) is 1.10. The van der Waals surface area contributed by atoms with Gasteiger partial charge in [-0.15, -0.1) is 0 Å². The van der Waals surface area contributed by atoms with E-state index in [1.54, 1.807) is 47.8 Å². The average molecular weight is 395 g/mol. The van der Waals surface area contributed by atoms with Gasteiger partial charge in [0.15, 0.2) is 5.82 Å². The predicted octanol–water partition coefficient (Wildman–Crippen LogP) is 1.84. The first-order chi connectivity index (χ1) is 12.4. The van der Waals surface area contributed by atoms with Crippen molar-refractivity contribution in [2.45, 2.75) is 36.4 Å². The summed E-state index contributed by atoms with van der Waals surface area (Å²) in [5.41, 5.74) is 0. The second-order valence-electron chi connectivity index (χ2n) is 6.67. The summed E-state index contributed by atoms with van der Waals surface area (Å²) < 4.78 is 27.4. The third-order valence-electron chi connectivity index (χ3n) is 4.94. The number of piperazine rings is 1. The van der Waals surface area contributed by atoms with Crippen LogP contribution in [0.2, 0.25) is 5.02 Å². The average Bonchev–Trinajstić information content (AvgIpc) is 3.23. The smallest absolute Gasteiger partial charge is 0.243 e. The van der Waals surface area contributed by atoms with Crippen molar-refractivity contribution in [1.82, 2.24) is 14.3 Å². The molecule has 138 valence electrons. The Bertz CT molecular complexity index is 920. The molecule has 4 rings (SSSR count). The van der Waals surface area contributed by atoms with E-state index in [0.29, 0.717) is 23.9 Å². The van der Waals surface area contributed by atoms with Gasteiger partial charge in [-0.3, -0.25) is 0 Å². The molecule has 2 bridgehead atoms. The second-order valence-corrected chi connectivity index (χ2v) is 9.00. The van der Waals surface area contributed by atoms with Gasteiger partial charge in [-0.05, 0) is 43.7 Å². The van der Waals surface area contributed by atoms with Crippen LogP contribution in [0.25, 0.3) is 0 Å². The first kappa shape index (κ1) is 17.7. The maximum absolute atomic E-state index is 12.9. The minimum atomic E-state index is -3.54. The van der Waals surface area contributed by atoms with Crippen LogP contribution in [0, 0.1) is 0 Å². The van der Waals surface area contributed by atoms with E-state index < -0.39 is 16.1 Å². The molecule has 9 heteroatoms. The van der Waals surface area contributed by atoms with Gasteiger partial charge < -0.3 is 10.0 Å². The standard InChI is InChI=1S/C17H19ClN4O3S/c1-11(23)17-19-7-6-16(20-17)21-9-14-8-13(21)10-22(14)26(24,25)15-4-2-12(18)3-5-15/h2-7,11,13-14,23H,8-10H2,1H3/t11-,13-,14-/m1/s1. The van der Waals surface area contributed by atoms with E-state index in [4.69, 9.17) is 11.6 Å². The minimum Gasteiger partial charge on any atom is -0.385 e. The largest absolute Gasteiger partial charge is 0.385 e. The van der Waals surface area contributed by atoms with E-state index in [0.717, 1.165) is 12.2 Å². The molecule has 3 heterocycles. The summed E-state index contributed by atoms with van der Waals surface area (Å²) in [7, 11) is -3.54. The van der Waals surface area contributed by atoms with Crippen molar-refractivity contribution >= 4 is 27.4 Å². The van der Waals surface area contributed by atoms with Crippen molar-refractivity contribution < 1.29 is 13.5 Å². The number of sulfonamides is 1. The van der Waals surface area contributed by atoms with Crippen molar-refractivity contribution in [3.63, 3.8) is 0 Å². The van der Waals surface area contributed by atoms with Crippen molar-refractivity contribution in [1.29, 1.82) is 0 Å². The van der Waals surface area contributed by atoms with Gasteiger partial charge in [-0.2, -0.15) is 4.31 Å². The molecule has 7 nitrogen and oxygen atoms in total. The lowest BCUT2D eigenvalue weighted by molar-refractivity contribution is 0.189. The molecular weight excluding hydrogens is 376 g/mol. The molecule has 1 N–H and O–H groups in total. The number of benzene rings is 1. The highest BCUT2D eigenvalue weighted by atomic mass is 35.5. The van der Waals surface area contributed by atoms with Crippen LogP contribution in [0.5, 0.6) is 0 Å². The lowest BCUT2D eigenvalue weighted by Crippen LogP contribution is -2.49. The highest BCUT2D eigenvalue weighted by Gasteiger charge is 2.48. The molecule has 2 aromatic rings. The number of rotatable bonds is 4. The number of halogens is 1. The quantitative estimate of drug-likeness (QED) is 0.851. The Balaban J connectivity index is 1.55. The summed E-state index contributed by atoms with van der Waals surface area (Å²) in [6.45, 7) is 2.62. The lowest BCUT2D eigenvalue weighted by atomic mass is 10.2. The van der Waals surface area contributed by atoms with Crippen LogP contribution in [0.4, 0.5) is 5.82 Å². The number of aliphatic hydroxyl groups excluding tert-OH is 1. The van der Waals surface area contributed by atoms with Crippen molar-refractivity contribution in [3.8, 4) is 0 Å². The van der Waals surface area contributed by atoms with Crippen LogP contribution < -0.4 is 4.90 Å². The normalized spacial score (nSPS) is 24.2. The van der Waals surface area contributed by atoms with Crippen molar-refractivity contribution in [2.75, 3.05) is 18.0 Å². The van der Waals surface area contributed by atoms with E-state index in [1.807, 2.05) is 0 Å². The van der Waals surface area contributed by atoms with E-state index in [-0.39, 0.29) is 17.0 Å². The molecule has 0 amide bonds. The maximum Gasteiger partial charge on any atom is 0.243 e. The lowest BCUT2D eigenvalue weighted by Gasteiger charge is -2.34. The van der Waals surface area contributed by atoms with Crippen LogP contribution in [0.3, 0.4) is 0 Å². The number of fused-ring (bicyclic) bond motifs is 2. The van der Waals surface area contributed by atoms with Gasteiger partial charge in [-0.25, -0.2) is 18.4 Å². The predicted molar refractivity (Wildman–Crippen MR) is 97.5 cm³/mol. The first-order valence-electron chi connectivity index (χ1n) is 8.41. The van der Waals surface area contributed by atoms with Crippen LogP contribution in [-0.4, -0.2) is 53.0 Å². The maximum atomic E-state index is 12.9. The van der Waals surface area contributed by atoms with Gasteiger partial charge in [0, 0.05) is 36.4 Å². The number of aliphatic hydroxyl groups is 1. The van der Waals surface area contributed by atoms with E-state index in [2.05, 4.69) is 14.9 Å².